The molecule has 0 atom stereocenters. The van der Waals surface area contributed by atoms with Gasteiger partial charge in [0.2, 0.25) is 5.91 Å². The predicted molar refractivity (Wildman–Crippen MR) is 75.3 cm³/mol. The molecule has 1 saturated carbocycles. The Morgan fingerprint density at radius 2 is 2.42 bits per heavy atom. The molecule has 0 unspecified atom stereocenters. The molecule has 0 aromatic carbocycles. The number of nitrogens with one attached hydrogen (secondary N) is 1. The molecule has 104 valence electrons. The third-order valence-electron chi connectivity index (χ3n) is 3.66. The average molecular weight is 281 g/mol. The molecule has 1 amide bonds. The molecule has 1 aromatic heterocycles. The van der Waals surface area contributed by atoms with Gasteiger partial charge in [-0.15, -0.1) is 11.3 Å². The highest BCUT2D eigenvalue weighted by Gasteiger charge is 2.51. The molecule has 0 radical (unpaired) electrons. The van der Waals surface area contributed by atoms with Crippen molar-refractivity contribution in [1.29, 1.82) is 0 Å². The molecule has 1 heterocycles. The lowest BCUT2D eigenvalue weighted by Gasteiger charge is -2.43. The number of amidine groups is 1. The predicted octanol–water partition coefficient (Wildman–Crippen LogP) is 1.57. The minimum atomic E-state index is -0.802. The van der Waals surface area contributed by atoms with Crippen LogP contribution in [-0.2, 0) is 11.2 Å². The number of carbonyl (C=O) groups excluding carboxylic acids is 1. The van der Waals surface area contributed by atoms with Crippen LogP contribution in [0.25, 0.3) is 0 Å². The summed E-state index contributed by atoms with van der Waals surface area (Å²) in [6, 6.07) is 4.04. The van der Waals surface area contributed by atoms with Gasteiger partial charge >= 0.3 is 0 Å². The molecule has 2 rings (SSSR count). The number of rotatable bonds is 5. The molecule has 5 nitrogen and oxygen atoms in total. The Hall–Kier alpha value is -1.56. The Morgan fingerprint density at radius 3 is 2.95 bits per heavy atom. The fourth-order valence-electron chi connectivity index (χ4n) is 2.66. The third kappa shape index (κ3) is 2.73. The Bertz CT molecular complexity index is 464. The lowest BCUT2D eigenvalue weighted by atomic mass is 9.61. The second-order valence-electron chi connectivity index (χ2n) is 5.17. The quantitative estimate of drug-likeness (QED) is 0.331. The largest absolute Gasteiger partial charge is 0.409 e. The van der Waals surface area contributed by atoms with Crippen LogP contribution in [0.1, 0.15) is 24.6 Å². The van der Waals surface area contributed by atoms with E-state index in [0.29, 0.717) is 25.3 Å². The van der Waals surface area contributed by atoms with Crippen LogP contribution >= 0.6 is 11.3 Å². The van der Waals surface area contributed by atoms with E-state index >= 15 is 0 Å². The Kier molecular flexibility index (Phi) is 4.09. The maximum Gasteiger partial charge on any atom is 0.233 e. The van der Waals surface area contributed by atoms with Crippen molar-refractivity contribution in [2.24, 2.45) is 22.2 Å². The first-order chi connectivity index (χ1) is 9.08. The van der Waals surface area contributed by atoms with Crippen LogP contribution in [0.5, 0.6) is 0 Å². The van der Waals surface area contributed by atoms with Gasteiger partial charge in [0.25, 0.3) is 0 Å². The van der Waals surface area contributed by atoms with Crippen molar-refractivity contribution in [1.82, 2.24) is 5.32 Å². The highest BCUT2D eigenvalue weighted by Crippen LogP contribution is 2.45. The fourth-order valence-corrected chi connectivity index (χ4v) is 3.37. The van der Waals surface area contributed by atoms with Gasteiger partial charge in [-0.05, 0) is 36.6 Å². The molecule has 0 saturated heterocycles. The van der Waals surface area contributed by atoms with Crippen molar-refractivity contribution < 1.29 is 10.0 Å². The number of hydrogen-bond acceptors (Lipinski definition) is 4. The van der Waals surface area contributed by atoms with Crippen molar-refractivity contribution in [2.75, 3.05) is 6.54 Å². The number of oxime groups is 1. The molecule has 1 aliphatic rings. The van der Waals surface area contributed by atoms with Gasteiger partial charge in [0.1, 0.15) is 5.41 Å². The summed E-state index contributed by atoms with van der Waals surface area (Å²) in [6.07, 6.45) is 2.10. The molecule has 1 aliphatic carbocycles. The summed E-state index contributed by atoms with van der Waals surface area (Å²) in [5, 5.41) is 16.8. The normalized spacial score (nSPS) is 26.8. The highest BCUT2D eigenvalue weighted by molar-refractivity contribution is 7.09. The lowest BCUT2D eigenvalue weighted by molar-refractivity contribution is -0.133. The summed E-state index contributed by atoms with van der Waals surface area (Å²) in [5.41, 5.74) is 4.88. The lowest BCUT2D eigenvalue weighted by Crippen LogP contribution is -2.57. The fraction of sp³-hybridized carbons (Fsp3) is 0.538. The van der Waals surface area contributed by atoms with E-state index in [1.165, 1.54) is 4.88 Å². The van der Waals surface area contributed by atoms with Gasteiger partial charge in [-0.3, -0.25) is 4.79 Å². The molecular formula is C13H19N3O2S. The summed E-state index contributed by atoms with van der Waals surface area (Å²) in [5.74, 6) is 0.333. The number of nitrogens with zero attached hydrogens (tertiary/aromatic N) is 1. The highest BCUT2D eigenvalue weighted by atomic mass is 32.1. The molecule has 1 fully saturated rings. The van der Waals surface area contributed by atoms with Gasteiger partial charge in [0.15, 0.2) is 5.84 Å². The van der Waals surface area contributed by atoms with Gasteiger partial charge in [0.05, 0.1) is 0 Å². The number of amides is 1. The SMILES string of the molecule is CC1CC(C(=O)NCCc2cccs2)(/C(N)=N/O)C1. The van der Waals surface area contributed by atoms with Crippen LogP contribution in [0, 0.1) is 11.3 Å². The number of nitrogens with two attached hydrogens (primary N) is 1. The van der Waals surface area contributed by atoms with E-state index in [1.807, 2.05) is 17.5 Å². The van der Waals surface area contributed by atoms with E-state index < -0.39 is 5.41 Å². The van der Waals surface area contributed by atoms with E-state index in [4.69, 9.17) is 10.9 Å². The van der Waals surface area contributed by atoms with Crippen molar-refractivity contribution in [2.45, 2.75) is 26.2 Å². The Balaban J connectivity index is 1.90. The molecule has 0 aliphatic heterocycles. The summed E-state index contributed by atoms with van der Waals surface area (Å²) >= 11 is 1.67. The van der Waals surface area contributed by atoms with Crippen LogP contribution in [0.15, 0.2) is 22.7 Å². The van der Waals surface area contributed by atoms with Gasteiger partial charge in [-0.2, -0.15) is 0 Å². The average Bonchev–Trinajstić information content (AvgIpc) is 2.86. The van der Waals surface area contributed by atoms with Gasteiger partial charge in [-0.25, -0.2) is 0 Å². The van der Waals surface area contributed by atoms with Crippen LogP contribution < -0.4 is 11.1 Å². The van der Waals surface area contributed by atoms with E-state index in [9.17, 15) is 4.79 Å². The van der Waals surface area contributed by atoms with E-state index in [1.54, 1.807) is 11.3 Å². The molecule has 1 aromatic rings. The summed E-state index contributed by atoms with van der Waals surface area (Å²) in [6.45, 7) is 2.63. The van der Waals surface area contributed by atoms with Gasteiger partial charge in [-0.1, -0.05) is 18.1 Å². The molecule has 0 bridgehead atoms. The maximum atomic E-state index is 12.2. The van der Waals surface area contributed by atoms with Crippen molar-refractivity contribution in [3.63, 3.8) is 0 Å². The van der Waals surface area contributed by atoms with E-state index in [2.05, 4.69) is 17.4 Å². The van der Waals surface area contributed by atoms with Gasteiger partial charge < -0.3 is 16.3 Å². The maximum absolute atomic E-state index is 12.2. The first-order valence-corrected chi connectivity index (χ1v) is 7.25. The van der Waals surface area contributed by atoms with Crippen LogP contribution in [0.4, 0.5) is 0 Å². The molecule has 6 heteroatoms. The Labute approximate surface area is 116 Å². The van der Waals surface area contributed by atoms with Crippen LogP contribution in [-0.4, -0.2) is 23.5 Å². The van der Waals surface area contributed by atoms with Crippen molar-refractivity contribution in [3.8, 4) is 0 Å². The standard InChI is InChI=1S/C13H19N3O2S/c1-9-7-13(8-9,11(14)16-18)12(17)15-5-4-10-3-2-6-19-10/h2-3,6,9,18H,4-5,7-8H2,1H3,(H2,14,16)(H,15,17). The number of hydrogen-bond donors (Lipinski definition) is 3. The Morgan fingerprint density at radius 1 is 1.68 bits per heavy atom. The molecule has 4 N–H and O–H groups in total. The topological polar surface area (TPSA) is 87.7 Å². The van der Waals surface area contributed by atoms with Crippen molar-refractivity contribution in [3.05, 3.63) is 22.4 Å². The van der Waals surface area contributed by atoms with Crippen LogP contribution in [0.2, 0.25) is 0 Å². The summed E-state index contributed by atoms with van der Waals surface area (Å²) in [7, 11) is 0. The zero-order valence-corrected chi connectivity index (χ0v) is 11.7. The first-order valence-electron chi connectivity index (χ1n) is 6.37. The second kappa shape index (κ2) is 5.61. The minimum Gasteiger partial charge on any atom is -0.409 e. The van der Waals surface area contributed by atoms with E-state index in [-0.39, 0.29) is 11.7 Å². The zero-order chi connectivity index (χ0) is 13.9. The zero-order valence-electron chi connectivity index (χ0n) is 10.9. The molecular weight excluding hydrogens is 262 g/mol. The second-order valence-corrected chi connectivity index (χ2v) is 6.20. The van der Waals surface area contributed by atoms with Crippen LogP contribution in [0.3, 0.4) is 0 Å². The first kappa shape index (κ1) is 13.9. The monoisotopic (exact) mass is 281 g/mol. The molecule has 19 heavy (non-hydrogen) atoms. The number of carbonyl (C=O) groups is 1. The third-order valence-corrected chi connectivity index (χ3v) is 4.60. The minimum absolute atomic E-state index is 0.0271. The van der Waals surface area contributed by atoms with Gasteiger partial charge in [0, 0.05) is 11.4 Å². The number of thiophene rings is 1. The van der Waals surface area contributed by atoms with Crippen molar-refractivity contribution >= 4 is 23.1 Å². The molecule has 0 spiro atoms. The van der Waals surface area contributed by atoms with E-state index in [0.717, 1.165) is 6.42 Å². The summed E-state index contributed by atoms with van der Waals surface area (Å²) in [4.78, 5) is 13.5. The summed E-state index contributed by atoms with van der Waals surface area (Å²) < 4.78 is 0. The smallest absolute Gasteiger partial charge is 0.233 e.